The smallest absolute Gasteiger partial charge is 0.138 e. The SMILES string of the molecule is CCOCCc1ccc(OCCNc2ncnc3sccc23)c(C)c1. The minimum absolute atomic E-state index is 0.578. The number of hydrogen-bond donors (Lipinski definition) is 1. The Morgan fingerprint density at radius 3 is 2.92 bits per heavy atom. The van der Waals surface area contributed by atoms with Crippen molar-refractivity contribution in [2.24, 2.45) is 0 Å². The highest BCUT2D eigenvalue weighted by Gasteiger charge is 2.05. The molecular weight excluding hydrogens is 334 g/mol. The van der Waals surface area contributed by atoms with E-state index in [2.05, 4.69) is 34.3 Å². The van der Waals surface area contributed by atoms with Gasteiger partial charge in [-0.25, -0.2) is 9.97 Å². The molecule has 0 radical (unpaired) electrons. The first-order valence-electron chi connectivity index (χ1n) is 8.50. The van der Waals surface area contributed by atoms with Crippen molar-refractivity contribution in [2.75, 3.05) is 31.7 Å². The lowest BCUT2D eigenvalue weighted by Gasteiger charge is -2.12. The highest BCUT2D eigenvalue weighted by Crippen LogP contribution is 2.23. The summed E-state index contributed by atoms with van der Waals surface area (Å²) in [6.45, 7) is 6.88. The van der Waals surface area contributed by atoms with Crippen molar-refractivity contribution >= 4 is 27.4 Å². The molecular formula is C19H23N3O2S. The van der Waals surface area contributed by atoms with Gasteiger partial charge in [0.1, 0.15) is 29.3 Å². The third kappa shape index (κ3) is 4.67. The fourth-order valence-corrected chi connectivity index (χ4v) is 3.36. The summed E-state index contributed by atoms with van der Waals surface area (Å²) in [6.07, 6.45) is 2.52. The number of anilines is 1. The van der Waals surface area contributed by atoms with E-state index in [-0.39, 0.29) is 0 Å². The molecule has 2 aromatic heterocycles. The molecule has 0 spiro atoms. The molecule has 3 rings (SSSR count). The van der Waals surface area contributed by atoms with Crippen molar-refractivity contribution in [1.82, 2.24) is 9.97 Å². The van der Waals surface area contributed by atoms with Gasteiger partial charge in [-0.3, -0.25) is 0 Å². The van der Waals surface area contributed by atoms with E-state index in [9.17, 15) is 0 Å². The zero-order valence-corrected chi connectivity index (χ0v) is 15.4. The number of aryl methyl sites for hydroxylation is 1. The second kappa shape index (κ2) is 8.78. The first-order valence-corrected chi connectivity index (χ1v) is 9.38. The van der Waals surface area contributed by atoms with Crippen LogP contribution >= 0.6 is 11.3 Å². The molecule has 0 amide bonds. The number of rotatable bonds is 9. The number of fused-ring (bicyclic) bond motifs is 1. The largest absolute Gasteiger partial charge is 0.491 e. The van der Waals surface area contributed by atoms with E-state index in [1.165, 1.54) is 5.56 Å². The van der Waals surface area contributed by atoms with Crippen LogP contribution in [-0.2, 0) is 11.2 Å². The molecule has 0 aliphatic rings. The molecule has 1 N–H and O–H groups in total. The summed E-state index contributed by atoms with van der Waals surface area (Å²) in [5, 5.41) is 6.41. The minimum atomic E-state index is 0.578. The third-order valence-electron chi connectivity index (χ3n) is 3.89. The normalized spacial score (nSPS) is 11.0. The van der Waals surface area contributed by atoms with Gasteiger partial charge in [-0.2, -0.15) is 0 Å². The van der Waals surface area contributed by atoms with E-state index in [0.717, 1.165) is 47.0 Å². The van der Waals surface area contributed by atoms with Crippen molar-refractivity contribution in [2.45, 2.75) is 20.3 Å². The zero-order chi connectivity index (χ0) is 17.5. The van der Waals surface area contributed by atoms with E-state index in [1.54, 1.807) is 17.7 Å². The van der Waals surface area contributed by atoms with Crippen LogP contribution in [0.15, 0.2) is 36.0 Å². The highest BCUT2D eigenvalue weighted by atomic mass is 32.1. The Hall–Kier alpha value is -2.18. The lowest BCUT2D eigenvalue weighted by Crippen LogP contribution is -2.13. The van der Waals surface area contributed by atoms with E-state index < -0.39 is 0 Å². The van der Waals surface area contributed by atoms with Crippen molar-refractivity contribution in [3.05, 3.63) is 47.1 Å². The summed E-state index contributed by atoms with van der Waals surface area (Å²) in [6, 6.07) is 8.35. The molecule has 3 aromatic rings. The van der Waals surface area contributed by atoms with Crippen LogP contribution < -0.4 is 10.1 Å². The monoisotopic (exact) mass is 357 g/mol. The van der Waals surface area contributed by atoms with Crippen LogP contribution in [-0.4, -0.2) is 36.3 Å². The number of aromatic nitrogens is 2. The van der Waals surface area contributed by atoms with Crippen molar-refractivity contribution in [3.8, 4) is 5.75 Å². The second-order valence-corrected chi connectivity index (χ2v) is 6.58. The van der Waals surface area contributed by atoms with Crippen LogP contribution in [0.4, 0.5) is 5.82 Å². The first-order chi connectivity index (χ1) is 12.3. The lowest BCUT2D eigenvalue weighted by molar-refractivity contribution is 0.151. The number of ether oxygens (including phenoxy) is 2. The fourth-order valence-electron chi connectivity index (χ4n) is 2.62. The molecule has 1 aromatic carbocycles. The van der Waals surface area contributed by atoms with Gasteiger partial charge in [0, 0.05) is 6.61 Å². The predicted octanol–water partition coefficient (Wildman–Crippen LogP) is 4.07. The molecule has 0 saturated carbocycles. The van der Waals surface area contributed by atoms with Crippen molar-refractivity contribution in [1.29, 1.82) is 0 Å². The van der Waals surface area contributed by atoms with E-state index >= 15 is 0 Å². The second-order valence-electron chi connectivity index (χ2n) is 5.68. The molecule has 0 saturated heterocycles. The van der Waals surface area contributed by atoms with Crippen LogP contribution in [0.25, 0.3) is 10.2 Å². The molecule has 25 heavy (non-hydrogen) atoms. The Bertz CT molecular complexity index is 819. The summed E-state index contributed by atoms with van der Waals surface area (Å²) in [5.74, 6) is 1.78. The average Bonchev–Trinajstić information content (AvgIpc) is 3.10. The molecule has 0 aliphatic heterocycles. The molecule has 2 heterocycles. The van der Waals surface area contributed by atoms with Crippen LogP contribution in [0, 0.1) is 6.92 Å². The van der Waals surface area contributed by atoms with Crippen LogP contribution in [0.2, 0.25) is 0 Å². The van der Waals surface area contributed by atoms with E-state index in [1.807, 2.05) is 24.4 Å². The number of thiophene rings is 1. The number of nitrogens with one attached hydrogen (secondary N) is 1. The highest BCUT2D eigenvalue weighted by molar-refractivity contribution is 7.16. The number of nitrogens with zero attached hydrogens (tertiary/aromatic N) is 2. The van der Waals surface area contributed by atoms with Gasteiger partial charge in [0.05, 0.1) is 18.5 Å². The molecule has 0 fully saturated rings. The molecule has 6 heteroatoms. The predicted molar refractivity (Wildman–Crippen MR) is 103 cm³/mol. The summed E-state index contributed by atoms with van der Waals surface area (Å²) in [4.78, 5) is 9.55. The van der Waals surface area contributed by atoms with Crippen LogP contribution in [0.5, 0.6) is 5.75 Å². The number of hydrogen-bond acceptors (Lipinski definition) is 6. The minimum Gasteiger partial charge on any atom is -0.491 e. The third-order valence-corrected chi connectivity index (χ3v) is 4.71. The Morgan fingerprint density at radius 1 is 1.16 bits per heavy atom. The molecule has 0 aliphatic carbocycles. The Kier molecular flexibility index (Phi) is 6.19. The van der Waals surface area contributed by atoms with Gasteiger partial charge in [-0.15, -0.1) is 11.3 Å². The standard InChI is InChI=1S/C19H23N3O2S/c1-3-23-9-6-15-4-5-17(14(2)12-15)24-10-8-20-18-16-7-11-25-19(16)22-13-21-18/h4-5,7,11-13H,3,6,8-10H2,1-2H3,(H,20,21,22). The quantitative estimate of drug-likeness (QED) is 0.585. The Morgan fingerprint density at radius 2 is 2.08 bits per heavy atom. The maximum atomic E-state index is 5.90. The van der Waals surface area contributed by atoms with Crippen molar-refractivity contribution in [3.63, 3.8) is 0 Å². The van der Waals surface area contributed by atoms with Gasteiger partial charge >= 0.3 is 0 Å². The van der Waals surface area contributed by atoms with Gasteiger partial charge in [0.2, 0.25) is 0 Å². The molecule has 0 bridgehead atoms. The van der Waals surface area contributed by atoms with Crippen LogP contribution in [0.3, 0.4) is 0 Å². The van der Waals surface area contributed by atoms with Crippen LogP contribution in [0.1, 0.15) is 18.1 Å². The molecule has 5 nitrogen and oxygen atoms in total. The molecule has 132 valence electrons. The van der Waals surface area contributed by atoms with Gasteiger partial charge in [0.15, 0.2) is 0 Å². The summed E-state index contributed by atoms with van der Waals surface area (Å²) >= 11 is 1.62. The van der Waals surface area contributed by atoms with Gasteiger partial charge in [0.25, 0.3) is 0 Å². The lowest BCUT2D eigenvalue weighted by atomic mass is 10.1. The average molecular weight is 357 g/mol. The van der Waals surface area contributed by atoms with E-state index in [4.69, 9.17) is 9.47 Å². The van der Waals surface area contributed by atoms with Crippen molar-refractivity contribution < 1.29 is 9.47 Å². The van der Waals surface area contributed by atoms with E-state index in [0.29, 0.717) is 13.2 Å². The first kappa shape index (κ1) is 17.6. The fraction of sp³-hybridized carbons (Fsp3) is 0.368. The van der Waals surface area contributed by atoms with Gasteiger partial charge in [-0.1, -0.05) is 12.1 Å². The maximum Gasteiger partial charge on any atom is 0.138 e. The summed E-state index contributed by atoms with van der Waals surface area (Å²) in [5.41, 5.74) is 2.42. The maximum absolute atomic E-state index is 5.90. The molecule has 0 unspecified atom stereocenters. The molecule has 0 atom stereocenters. The zero-order valence-electron chi connectivity index (χ0n) is 14.6. The van der Waals surface area contributed by atoms with Gasteiger partial charge < -0.3 is 14.8 Å². The Labute approximate surface area is 152 Å². The number of benzene rings is 1. The Balaban J connectivity index is 1.49. The topological polar surface area (TPSA) is 56.3 Å². The van der Waals surface area contributed by atoms with Gasteiger partial charge in [-0.05, 0) is 48.9 Å². The summed E-state index contributed by atoms with van der Waals surface area (Å²) in [7, 11) is 0. The summed E-state index contributed by atoms with van der Waals surface area (Å²) < 4.78 is 11.3.